The normalized spacial score (nSPS) is 10.8. The lowest BCUT2D eigenvalue weighted by molar-refractivity contribution is 0.0969. The van der Waals surface area contributed by atoms with E-state index in [1.54, 1.807) is 12.1 Å². The van der Waals surface area contributed by atoms with Gasteiger partial charge in [0.25, 0.3) is 0 Å². The third kappa shape index (κ3) is 4.33. The van der Waals surface area contributed by atoms with Crippen molar-refractivity contribution in [3.63, 3.8) is 0 Å². The summed E-state index contributed by atoms with van der Waals surface area (Å²) in [6.45, 7) is 3.97. The number of carbonyl (C=O) groups excluding carboxylic acids is 1. The van der Waals surface area contributed by atoms with Gasteiger partial charge < -0.3 is 4.90 Å². The van der Waals surface area contributed by atoms with Crippen molar-refractivity contribution < 1.29 is 4.79 Å². The van der Waals surface area contributed by atoms with Crippen LogP contribution in [0.5, 0.6) is 0 Å². The Balaban J connectivity index is 2.47. The Kier molecular flexibility index (Phi) is 5.50. The summed E-state index contributed by atoms with van der Waals surface area (Å²) in [7, 11) is 2.04. The zero-order chi connectivity index (χ0) is 12.0. The highest BCUT2D eigenvalue weighted by Crippen LogP contribution is 2.12. The second kappa shape index (κ2) is 6.66. The van der Waals surface area contributed by atoms with Gasteiger partial charge in [-0.1, -0.05) is 30.7 Å². The quantitative estimate of drug-likeness (QED) is 0.711. The van der Waals surface area contributed by atoms with Gasteiger partial charge in [0.2, 0.25) is 0 Å². The summed E-state index contributed by atoms with van der Waals surface area (Å²) in [4.78, 5) is 14.0. The fourth-order valence-corrected chi connectivity index (χ4v) is 1.78. The molecule has 0 atom stereocenters. The summed E-state index contributed by atoms with van der Waals surface area (Å²) in [6, 6.07) is 7.13. The zero-order valence-corrected chi connectivity index (χ0v) is 10.6. The van der Waals surface area contributed by atoms with Gasteiger partial charge in [-0.3, -0.25) is 4.79 Å². The van der Waals surface area contributed by atoms with Crippen molar-refractivity contribution in [2.24, 2.45) is 0 Å². The monoisotopic (exact) mass is 239 g/mol. The lowest BCUT2D eigenvalue weighted by Gasteiger charge is -2.14. The Morgan fingerprint density at radius 3 is 2.75 bits per heavy atom. The molecular formula is C13H18ClNO. The van der Waals surface area contributed by atoms with Gasteiger partial charge in [0.05, 0.1) is 0 Å². The smallest absolute Gasteiger partial charge is 0.164 e. The summed E-state index contributed by atoms with van der Waals surface area (Å²) in [5.41, 5.74) is 0.706. The molecular weight excluding hydrogens is 222 g/mol. The number of rotatable bonds is 6. The molecule has 0 bridgehead atoms. The second-order valence-corrected chi connectivity index (χ2v) is 4.42. The van der Waals surface area contributed by atoms with Crippen molar-refractivity contribution in [1.82, 2.24) is 4.90 Å². The highest BCUT2D eigenvalue weighted by molar-refractivity contribution is 6.31. The highest BCUT2D eigenvalue weighted by Gasteiger charge is 2.07. The third-order valence-corrected chi connectivity index (χ3v) is 2.71. The summed E-state index contributed by atoms with van der Waals surface area (Å²) >= 11 is 5.84. The first-order valence-corrected chi connectivity index (χ1v) is 5.98. The van der Waals surface area contributed by atoms with Crippen LogP contribution in [0.15, 0.2) is 24.3 Å². The topological polar surface area (TPSA) is 20.3 Å². The average Bonchev–Trinajstić information content (AvgIpc) is 2.26. The van der Waals surface area contributed by atoms with Crippen molar-refractivity contribution in [1.29, 1.82) is 0 Å². The van der Waals surface area contributed by atoms with E-state index < -0.39 is 0 Å². The molecule has 16 heavy (non-hydrogen) atoms. The molecule has 0 radical (unpaired) electrons. The standard InChI is InChI=1S/C13H18ClNO/c1-3-8-15(2)9-7-13(16)11-5-4-6-12(14)10-11/h4-6,10H,3,7-9H2,1-2H3. The number of halogens is 1. The summed E-state index contributed by atoms with van der Waals surface area (Å²) < 4.78 is 0. The lowest BCUT2D eigenvalue weighted by Crippen LogP contribution is -2.22. The highest BCUT2D eigenvalue weighted by atomic mass is 35.5. The van der Waals surface area contributed by atoms with Crippen LogP contribution in [-0.2, 0) is 0 Å². The molecule has 0 aliphatic rings. The van der Waals surface area contributed by atoms with Crippen molar-refractivity contribution in [3.8, 4) is 0 Å². The fourth-order valence-electron chi connectivity index (χ4n) is 1.59. The van der Waals surface area contributed by atoms with Crippen LogP contribution in [0.2, 0.25) is 5.02 Å². The molecule has 0 aromatic heterocycles. The van der Waals surface area contributed by atoms with Gasteiger partial charge >= 0.3 is 0 Å². The molecule has 1 rings (SSSR count). The maximum atomic E-state index is 11.8. The van der Waals surface area contributed by atoms with Crippen molar-refractivity contribution in [3.05, 3.63) is 34.9 Å². The molecule has 3 heteroatoms. The maximum Gasteiger partial charge on any atom is 0.164 e. The Morgan fingerprint density at radius 2 is 2.12 bits per heavy atom. The first kappa shape index (κ1) is 13.2. The third-order valence-electron chi connectivity index (χ3n) is 2.47. The van der Waals surface area contributed by atoms with Crippen LogP contribution in [0.1, 0.15) is 30.1 Å². The molecule has 88 valence electrons. The molecule has 0 saturated carbocycles. The summed E-state index contributed by atoms with van der Waals surface area (Å²) in [6.07, 6.45) is 1.67. The van der Waals surface area contributed by atoms with Gasteiger partial charge in [-0.05, 0) is 32.1 Å². The van der Waals surface area contributed by atoms with Crippen LogP contribution in [0, 0.1) is 0 Å². The predicted molar refractivity (Wildman–Crippen MR) is 68.2 cm³/mol. The minimum Gasteiger partial charge on any atom is -0.306 e. The van der Waals surface area contributed by atoms with E-state index in [4.69, 9.17) is 11.6 Å². The van der Waals surface area contributed by atoms with Crippen molar-refractivity contribution in [2.75, 3.05) is 20.1 Å². The van der Waals surface area contributed by atoms with Gasteiger partial charge in [0.15, 0.2) is 5.78 Å². The van der Waals surface area contributed by atoms with Crippen LogP contribution >= 0.6 is 11.6 Å². The number of hydrogen-bond donors (Lipinski definition) is 0. The molecule has 0 heterocycles. The number of carbonyl (C=O) groups is 1. The van der Waals surface area contributed by atoms with Gasteiger partial charge in [-0.25, -0.2) is 0 Å². The van der Waals surface area contributed by atoms with Gasteiger partial charge in [-0.15, -0.1) is 0 Å². The lowest BCUT2D eigenvalue weighted by atomic mass is 10.1. The van der Waals surface area contributed by atoms with E-state index in [0.29, 0.717) is 17.0 Å². The average molecular weight is 240 g/mol. The maximum absolute atomic E-state index is 11.8. The van der Waals surface area contributed by atoms with E-state index in [1.807, 2.05) is 19.2 Å². The molecule has 0 aliphatic heterocycles. The molecule has 0 unspecified atom stereocenters. The Hall–Kier alpha value is -0.860. The first-order chi connectivity index (χ1) is 7.63. The van der Waals surface area contributed by atoms with Gasteiger partial charge in [-0.2, -0.15) is 0 Å². The number of hydrogen-bond acceptors (Lipinski definition) is 2. The van der Waals surface area contributed by atoms with Crippen LogP contribution in [0.3, 0.4) is 0 Å². The van der Waals surface area contributed by atoms with Crippen molar-refractivity contribution in [2.45, 2.75) is 19.8 Å². The van der Waals surface area contributed by atoms with E-state index in [9.17, 15) is 4.79 Å². The van der Waals surface area contributed by atoms with Crippen LogP contribution in [0.25, 0.3) is 0 Å². The predicted octanol–water partition coefficient (Wildman–Crippen LogP) is 3.25. The van der Waals surface area contributed by atoms with E-state index in [-0.39, 0.29) is 5.78 Å². The van der Waals surface area contributed by atoms with E-state index in [0.717, 1.165) is 19.5 Å². The molecule has 0 N–H and O–H groups in total. The van der Waals surface area contributed by atoms with E-state index in [1.165, 1.54) is 0 Å². The molecule has 0 fully saturated rings. The Labute approximate surface area is 102 Å². The van der Waals surface area contributed by atoms with E-state index in [2.05, 4.69) is 11.8 Å². The number of benzene rings is 1. The minimum atomic E-state index is 0.158. The molecule has 0 amide bonds. The number of ketones is 1. The van der Waals surface area contributed by atoms with Crippen LogP contribution < -0.4 is 0 Å². The van der Waals surface area contributed by atoms with E-state index >= 15 is 0 Å². The largest absolute Gasteiger partial charge is 0.306 e. The molecule has 1 aromatic carbocycles. The fraction of sp³-hybridized carbons (Fsp3) is 0.462. The SMILES string of the molecule is CCCN(C)CCC(=O)c1cccc(Cl)c1. The molecule has 1 aromatic rings. The van der Waals surface area contributed by atoms with Gasteiger partial charge in [0.1, 0.15) is 0 Å². The molecule has 2 nitrogen and oxygen atoms in total. The van der Waals surface area contributed by atoms with Gasteiger partial charge in [0, 0.05) is 23.6 Å². The summed E-state index contributed by atoms with van der Waals surface area (Å²) in [5, 5.41) is 0.618. The molecule has 0 spiro atoms. The van der Waals surface area contributed by atoms with Crippen LogP contribution in [-0.4, -0.2) is 30.8 Å². The Bertz CT molecular complexity index is 352. The van der Waals surface area contributed by atoms with Crippen molar-refractivity contribution >= 4 is 17.4 Å². The van der Waals surface area contributed by atoms with Crippen LogP contribution in [0.4, 0.5) is 0 Å². The zero-order valence-electron chi connectivity index (χ0n) is 9.87. The number of nitrogens with zero attached hydrogens (tertiary/aromatic N) is 1. The first-order valence-electron chi connectivity index (χ1n) is 5.60. The second-order valence-electron chi connectivity index (χ2n) is 3.99. The summed E-state index contributed by atoms with van der Waals surface area (Å²) in [5.74, 6) is 0.158. The minimum absolute atomic E-state index is 0.158. The number of Topliss-reactive ketones (excluding diaryl/α,β-unsaturated/α-hetero) is 1. The molecule has 0 saturated heterocycles. The Morgan fingerprint density at radius 1 is 1.38 bits per heavy atom. The molecule has 0 aliphatic carbocycles.